The van der Waals surface area contributed by atoms with Gasteiger partial charge in [-0.05, 0) is 48.6 Å². The van der Waals surface area contributed by atoms with Crippen LogP contribution in [0.4, 0.5) is 0 Å². The number of carbonyl (C=O) groups is 1. The first-order valence-corrected chi connectivity index (χ1v) is 10.5. The Balaban J connectivity index is 1.27. The number of fused-ring (bicyclic) bond motifs is 1. The molecule has 0 aliphatic carbocycles. The Hall–Kier alpha value is -2.50. The molecule has 2 aromatic rings. The zero-order chi connectivity index (χ0) is 20.1. The van der Waals surface area contributed by atoms with Crippen molar-refractivity contribution in [2.75, 3.05) is 19.9 Å². The number of carbonyl (C=O) groups excluding carboxylic acids is 1. The molecule has 0 radical (unpaired) electrons. The minimum absolute atomic E-state index is 0.152. The van der Waals surface area contributed by atoms with E-state index in [-0.39, 0.29) is 12.7 Å². The monoisotopic (exact) mass is 413 g/mol. The largest absolute Gasteiger partial charge is 0.454 e. The summed E-state index contributed by atoms with van der Waals surface area (Å²) in [6.45, 7) is 4.31. The molecule has 0 unspecified atom stereocenters. The zero-order valence-corrected chi connectivity index (χ0v) is 17.1. The fourth-order valence-electron chi connectivity index (χ4n) is 3.80. The van der Waals surface area contributed by atoms with Gasteiger partial charge in [0.25, 0.3) is 0 Å². The zero-order valence-electron chi connectivity index (χ0n) is 16.4. The van der Waals surface area contributed by atoms with Gasteiger partial charge in [-0.25, -0.2) is 0 Å². The summed E-state index contributed by atoms with van der Waals surface area (Å²) in [6.07, 6.45) is 7.27. The second-order valence-electron chi connectivity index (χ2n) is 7.59. The highest BCUT2D eigenvalue weighted by atomic mass is 35.5. The van der Waals surface area contributed by atoms with Crippen LogP contribution in [0.15, 0.2) is 42.5 Å². The number of ether oxygens (including phenoxy) is 2. The van der Waals surface area contributed by atoms with E-state index in [1.807, 2.05) is 0 Å². The molecular weight excluding hydrogens is 388 g/mol. The molecule has 152 valence electrons. The summed E-state index contributed by atoms with van der Waals surface area (Å²) in [5.74, 6) is 1.00. The molecule has 5 nitrogen and oxygen atoms in total. The van der Waals surface area contributed by atoms with E-state index in [0.717, 1.165) is 17.7 Å². The van der Waals surface area contributed by atoms with Gasteiger partial charge >= 0.3 is 0 Å². The van der Waals surface area contributed by atoms with Crippen LogP contribution in [0.5, 0.6) is 11.5 Å². The van der Waals surface area contributed by atoms with Gasteiger partial charge < -0.3 is 19.7 Å². The van der Waals surface area contributed by atoms with Crippen LogP contribution in [0.25, 0.3) is 6.08 Å². The van der Waals surface area contributed by atoms with Crippen molar-refractivity contribution < 1.29 is 19.2 Å². The fourth-order valence-corrected chi connectivity index (χ4v) is 4.07. The van der Waals surface area contributed by atoms with Gasteiger partial charge in [0.2, 0.25) is 12.7 Å². The summed E-state index contributed by atoms with van der Waals surface area (Å²) < 4.78 is 10.6. The number of hydrogen-bond acceptors (Lipinski definition) is 3. The molecule has 29 heavy (non-hydrogen) atoms. The summed E-state index contributed by atoms with van der Waals surface area (Å²) in [5.41, 5.74) is 3.24. The summed E-state index contributed by atoms with van der Waals surface area (Å²) >= 11 is 6.16. The molecule has 0 atom stereocenters. The van der Waals surface area contributed by atoms with Crippen LogP contribution < -0.4 is 19.7 Å². The minimum Gasteiger partial charge on any atom is -0.454 e. The first-order chi connectivity index (χ1) is 14.2. The number of nitrogens with one attached hydrogen (secondary N) is 2. The average molecular weight is 414 g/mol. The number of hydrogen-bond donors (Lipinski definition) is 2. The molecular formula is C23H26ClN2O3+. The van der Waals surface area contributed by atoms with Crippen molar-refractivity contribution in [3.8, 4) is 11.5 Å². The van der Waals surface area contributed by atoms with Gasteiger partial charge in [-0.2, -0.15) is 0 Å². The molecule has 4 rings (SSSR count). The number of halogens is 1. The quantitative estimate of drug-likeness (QED) is 0.716. The smallest absolute Gasteiger partial charge is 0.244 e. The fraction of sp³-hybridized carbons (Fsp3) is 0.348. The van der Waals surface area contributed by atoms with Crippen molar-refractivity contribution >= 4 is 23.6 Å². The Labute approximate surface area is 176 Å². The molecule has 0 saturated carbocycles. The van der Waals surface area contributed by atoms with Crippen LogP contribution in [-0.2, 0) is 17.9 Å². The molecule has 0 bridgehead atoms. The van der Waals surface area contributed by atoms with Crippen molar-refractivity contribution in [3.05, 3.63) is 64.2 Å². The Kier molecular flexibility index (Phi) is 6.37. The Morgan fingerprint density at radius 2 is 1.83 bits per heavy atom. The first kappa shape index (κ1) is 19.8. The normalized spacial score (nSPS) is 16.3. The number of quaternary nitrogens is 1. The molecule has 2 aliphatic rings. The van der Waals surface area contributed by atoms with Gasteiger partial charge in [0.1, 0.15) is 6.54 Å². The highest BCUT2D eigenvalue weighted by Gasteiger charge is 2.17. The van der Waals surface area contributed by atoms with Crippen molar-refractivity contribution in [2.24, 2.45) is 0 Å². The third-order valence-electron chi connectivity index (χ3n) is 5.38. The van der Waals surface area contributed by atoms with E-state index in [4.69, 9.17) is 21.1 Å². The standard InChI is InChI=1S/C23H25ClN2O3/c24-20-12-19(13-21-23(20)29-16-28-21)8-9-22(27)25-14-17-4-6-18(7-5-17)15-26-10-2-1-3-11-26/h4-9,12-13H,1-3,10-11,14-16H2,(H,25,27)/p+1/b9-8+. The third-order valence-corrected chi connectivity index (χ3v) is 5.66. The van der Waals surface area contributed by atoms with Gasteiger partial charge in [-0.15, -0.1) is 0 Å². The lowest BCUT2D eigenvalue weighted by Gasteiger charge is -2.23. The topological polar surface area (TPSA) is 52.0 Å². The minimum atomic E-state index is -0.152. The molecule has 1 saturated heterocycles. The maximum Gasteiger partial charge on any atom is 0.244 e. The summed E-state index contributed by atoms with van der Waals surface area (Å²) in [5, 5.41) is 3.40. The van der Waals surface area contributed by atoms with Gasteiger partial charge in [-0.1, -0.05) is 35.9 Å². The highest BCUT2D eigenvalue weighted by molar-refractivity contribution is 6.32. The number of rotatable bonds is 6. The number of piperidine rings is 1. The highest BCUT2D eigenvalue weighted by Crippen LogP contribution is 2.40. The van der Waals surface area contributed by atoms with Gasteiger partial charge in [0, 0.05) is 18.2 Å². The van der Waals surface area contributed by atoms with Crippen LogP contribution >= 0.6 is 11.6 Å². The number of benzene rings is 2. The Morgan fingerprint density at radius 3 is 2.62 bits per heavy atom. The van der Waals surface area contributed by atoms with E-state index < -0.39 is 0 Å². The van der Waals surface area contributed by atoms with Gasteiger partial charge in [0.05, 0.1) is 18.1 Å². The van der Waals surface area contributed by atoms with Gasteiger partial charge in [0.15, 0.2) is 11.5 Å². The summed E-state index contributed by atoms with van der Waals surface area (Å²) in [4.78, 5) is 13.8. The van der Waals surface area contributed by atoms with E-state index in [9.17, 15) is 4.79 Å². The molecule has 2 heterocycles. The summed E-state index contributed by atoms with van der Waals surface area (Å²) in [7, 11) is 0. The van der Waals surface area contributed by atoms with E-state index >= 15 is 0 Å². The van der Waals surface area contributed by atoms with Crippen molar-refractivity contribution in [1.29, 1.82) is 0 Å². The van der Waals surface area contributed by atoms with Crippen LogP contribution in [-0.4, -0.2) is 25.8 Å². The van der Waals surface area contributed by atoms with Crippen LogP contribution in [0.2, 0.25) is 5.02 Å². The van der Waals surface area contributed by atoms with E-state index in [1.165, 1.54) is 44.0 Å². The molecule has 1 fully saturated rings. The lowest BCUT2D eigenvalue weighted by atomic mass is 10.1. The summed E-state index contributed by atoms with van der Waals surface area (Å²) in [6, 6.07) is 12.1. The number of amides is 1. The van der Waals surface area contributed by atoms with Crippen LogP contribution in [0, 0.1) is 0 Å². The lowest BCUT2D eigenvalue weighted by molar-refractivity contribution is -0.918. The maximum absolute atomic E-state index is 12.1. The SMILES string of the molecule is O=C(/C=C/c1cc(Cl)c2c(c1)OCO2)NCc1ccc(C[NH+]2CCCCC2)cc1. The third kappa shape index (κ3) is 5.31. The maximum atomic E-state index is 12.1. The van der Waals surface area contributed by atoms with Gasteiger partial charge in [-0.3, -0.25) is 4.79 Å². The number of likely N-dealkylation sites (tertiary alicyclic amines) is 1. The molecule has 2 aliphatic heterocycles. The van der Waals surface area contributed by atoms with Crippen LogP contribution in [0.3, 0.4) is 0 Å². The molecule has 0 aromatic heterocycles. The second kappa shape index (κ2) is 9.33. The average Bonchev–Trinajstić information content (AvgIpc) is 3.22. The Morgan fingerprint density at radius 1 is 1.07 bits per heavy atom. The van der Waals surface area contributed by atoms with Crippen molar-refractivity contribution in [2.45, 2.75) is 32.4 Å². The van der Waals surface area contributed by atoms with E-state index in [1.54, 1.807) is 23.1 Å². The Bertz CT molecular complexity index is 890. The predicted octanol–water partition coefficient (Wildman–Crippen LogP) is 2.97. The molecule has 6 heteroatoms. The molecule has 1 amide bonds. The second-order valence-corrected chi connectivity index (χ2v) is 8.00. The van der Waals surface area contributed by atoms with Crippen LogP contribution in [0.1, 0.15) is 36.0 Å². The first-order valence-electron chi connectivity index (χ1n) is 10.1. The predicted molar refractivity (Wildman–Crippen MR) is 113 cm³/mol. The van der Waals surface area contributed by atoms with E-state index in [0.29, 0.717) is 23.1 Å². The van der Waals surface area contributed by atoms with Crippen molar-refractivity contribution in [1.82, 2.24) is 5.32 Å². The molecule has 2 N–H and O–H groups in total. The lowest BCUT2D eigenvalue weighted by Crippen LogP contribution is -3.11. The van der Waals surface area contributed by atoms with Crippen molar-refractivity contribution in [3.63, 3.8) is 0 Å². The van der Waals surface area contributed by atoms with E-state index in [2.05, 4.69) is 29.6 Å². The molecule has 0 spiro atoms. The molecule has 2 aromatic carbocycles.